The molecule has 2 aromatic rings. The topological polar surface area (TPSA) is 142 Å². The zero-order chi connectivity index (χ0) is 20.9. The minimum Gasteiger partial charge on any atom is -0.278 e. The molecule has 152 valence electrons. The summed E-state index contributed by atoms with van der Waals surface area (Å²) >= 11 is 1.02. The van der Waals surface area contributed by atoms with Gasteiger partial charge in [0.1, 0.15) is 4.21 Å². The number of rotatable bonds is 7. The van der Waals surface area contributed by atoms with Gasteiger partial charge in [-0.05, 0) is 23.6 Å². The third kappa shape index (κ3) is 5.76. The molecule has 0 saturated heterocycles. The van der Waals surface area contributed by atoms with Gasteiger partial charge in [0.15, 0.2) is 0 Å². The van der Waals surface area contributed by atoms with Gasteiger partial charge in [0.05, 0.1) is 24.1 Å². The number of nitrogens with zero attached hydrogens (tertiary/aromatic N) is 1. The summed E-state index contributed by atoms with van der Waals surface area (Å²) in [5.41, 5.74) is 4.20. The quantitative estimate of drug-likeness (QED) is 0.519. The molecule has 0 aliphatic rings. The second-order valence-electron chi connectivity index (χ2n) is 5.60. The highest BCUT2D eigenvalue weighted by Gasteiger charge is 2.20. The summed E-state index contributed by atoms with van der Waals surface area (Å²) in [7, 11) is -6.20. The third-order valence-electron chi connectivity index (χ3n) is 3.42. The van der Waals surface area contributed by atoms with Crippen molar-refractivity contribution in [3.63, 3.8) is 0 Å². The minimum atomic E-state index is -3.86. The summed E-state index contributed by atoms with van der Waals surface area (Å²) in [5, 5.41) is 1.61. The van der Waals surface area contributed by atoms with Crippen LogP contribution < -0.4 is 15.6 Å². The van der Waals surface area contributed by atoms with Gasteiger partial charge in [-0.25, -0.2) is 16.8 Å². The summed E-state index contributed by atoms with van der Waals surface area (Å²) in [6.45, 7) is -0.494. The van der Waals surface area contributed by atoms with Crippen molar-refractivity contribution < 1.29 is 26.4 Å². The van der Waals surface area contributed by atoms with Crippen LogP contribution in [0.3, 0.4) is 0 Å². The Kier molecular flexibility index (Phi) is 6.77. The van der Waals surface area contributed by atoms with Crippen molar-refractivity contribution in [3.05, 3.63) is 47.3 Å². The number of thiophene rings is 1. The Bertz CT molecular complexity index is 1060. The smallest absolute Gasteiger partial charge is 0.271 e. The van der Waals surface area contributed by atoms with Crippen LogP contribution in [0.2, 0.25) is 0 Å². The van der Waals surface area contributed by atoms with E-state index in [4.69, 9.17) is 0 Å². The number of nitrogens with one attached hydrogen (secondary N) is 3. The number of hydrogen-bond acceptors (Lipinski definition) is 7. The lowest BCUT2D eigenvalue weighted by molar-refractivity contribution is -0.121. The molecule has 0 aliphatic heterocycles. The van der Waals surface area contributed by atoms with Crippen LogP contribution in [-0.4, -0.2) is 52.8 Å². The molecular formula is C15H18N4O6S3. The van der Waals surface area contributed by atoms with E-state index in [9.17, 15) is 26.4 Å². The summed E-state index contributed by atoms with van der Waals surface area (Å²) in [5.74, 6) is -1.54. The zero-order valence-electron chi connectivity index (χ0n) is 14.9. The maximum atomic E-state index is 12.4. The van der Waals surface area contributed by atoms with Crippen molar-refractivity contribution >= 4 is 48.9 Å². The first-order valence-electron chi connectivity index (χ1n) is 7.66. The van der Waals surface area contributed by atoms with E-state index in [-0.39, 0.29) is 15.5 Å². The fourth-order valence-corrected chi connectivity index (χ4v) is 4.36. The van der Waals surface area contributed by atoms with E-state index in [1.807, 2.05) is 0 Å². The Balaban J connectivity index is 2.08. The maximum absolute atomic E-state index is 12.4. The largest absolute Gasteiger partial charge is 0.278 e. The molecule has 3 N–H and O–H groups in total. The molecule has 2 rings (SSSR count). The number of carbonyl (C=O) groups is 2. The number of para-hydroxylation sites is 1. The molecule has 10 nitrogen and oxygen atoms in total. The fraction of sp³-hybridized carbons (Fsp3) is 0.200. The molecule has 0 atom stereocenters. The summed E-state index contributed by atoms with van der Waals surface area (Å²) in [6, 6.07) is 8.85. The SMILES string of the molecule is CN(CC(=O)NNC(=O)c1ccccc1NS(=O)(=O)c1cccs1)S(C)(=O)=O. The van der Waals surface area contributed by atoms with Crippen molar-refractivity contribution in [1.29, 1.82) is 0 Å². The van der Waals surface area contributed by atoms with E-state index in [1.54, 1.807) is 17.5 Å². The van der Waals surface area contributed by atoms with Gasteiger partial charge < -0.3 is 0 Å². The lowest BCUT2D eigenvalue weighted by Gasteiger charge is -2.15. The Labute approximate surface area is 166 Å². The van der Waals surface area contributed by atoms with Gasteiger partial charge in [0.25, 0.3) is 21.8 Å². The molecule has 1 aromatic heterocycles. The van der Waals surface area contributed by atoms with E-state index in [0.717, 1.165) is 21.9 Å². The first-order chi connectivity index (χ1) is 13.0. The number of carbonyl (C=O) groups excluding carboxylic acids is 2. The molecule has 28 heavy (non-hydrogen) atoms. The highest BCUT2D eigenvalue weighted by atomic mass is 32.2. The lowest BCUT2D eigenvalue weighted by atomic mass is 10.2. The predicted octanol–water partition coefficient (Wildman–Crippen LogP) is 0.201. The summed E-state index contributed by atoms with van der Waals surface area (Å²) in [6.07, 6.45) is 0.939. The lowest BCUT2D eigenvalue weighted by Crippen LogP contribution is -2.46. The van der Waals surface area contributed by atoms with Crippen LogP contribution in [0.4, 0.5) is 5.69 Å². The molecule has 1 heterocycles. The normalized spacial score (nSPS) is 11.8. The van der Waals surface area contributed by atoms with Crippen LogP contribution >= 0.6 is 11.3 Å². The molecule has 0 unspecified atom stereocenters. The van der Waals surface area contributed by atoms with Gasteiger partial charge in [-0.2, -0.15) is 4.31 Å². The van der Waals surface area contributed by atoms with Gasteiger partial charge in [-0.15, -0.1) is 11.3 Å². The van der Waals surface area contributed by atoms with E-state index >= 15 is 0 Å². The van der Waals surface area contributed by atoms with Crippen molar-refractivity contribution in [3.8, 4) is 0 Å². The maximum Gasteiger partial charge on any atom is 0.271 e. The molecule has 0 radical (unpaired) electrons. The van der Waals surface area contributed by atoms with Gasteiger partial charge >= 0.3 is 0 Å². The van der Waals surface area contributed by atoms with Gasteiger partial charge in [0.2, 0.25) is 10.0 Å². The Morgan fingerprint density at radius 3 is 2.32 bits per heavy atom. The predicted molar refractivity (Wildman–Crippen MR) is 105 cm³/mol. The van der Waals surface area contributed by atoms with Gasteiger partial charge in [-0.1, -0.05) is 18.2 Å². The van der Waals surface area contributed by atoms with Gasteiger partial charge in [-0.3, -0.25) is 25.2 Å². The molecule has 0 bridgehead atoms. The highest BCUT2D eigenvalue weighted by Crippen LogP contribution is 2.22. The minimum absolute atomic E-state index is 0.0240. The first kappa shape index (κ1) is 21.8. The number of anilines is 1. The highest BCUT2D eigenvalue weighted by molar-refractivity contribution is 7.94. The Hall–Kier alpha value is -2.48. The molecule has 13 heteroatoms. The van der Waals surface area contributed by atoms with Crippen molar-refractivity contribution in [2.75, 3.05) is 24.6 Å². The van der Waals surface area contributed by atoms with Crippen molar-refractivity contribution in [1.82, 2.24) is 15.2 Å². The fourth-order valence-electron chi connectivity index (χ4n) is 1.93. The number of hydrazine groups is 1. The van der Waals surface area contributed by atoms with Crippen molar-refractivity contribution in [2.24, 2.45) is 0 Å². The van der Waals surface area contributed by atoms with Crippen LogP contribution in [0.15, 0.2) is 46.0 Å². The number of amides is 2. The molecule has 0 aliphatic carbocycles. The monoisotopic (exact) mass is 446 g/mol. The number of sulfonamides is 2. The van der Waals surface area contributed by atoms with E-state index < -0.39 is 38.4 Å². The Morgan fingerprint density at radius 2 is 1.71 bits per heavy atom. The van der Waals surface area contributed by atoms with Crippen LogP contribution in [0.1, 0.15) is 10.4 Å². The molecule has 2 amide bonds. The number of hydrogen-bond donors (Lipinski definition) is 3. The molecule has 0 saturated carbocycles. The van der Waals surface area contributed by atoms with E-state index in [0.29, 0.717) is 0 Å². The number of likely N-dealkylation sites (N-methyl/N-ethyl adjacent to an activating group) is 1. The van der Waals surface area contributed by atoms with Gasteiger partial charge in [0, 0.05) is 7.05 Å². The molecule has 0 spiro atoms. The second kappa shape index (κ2) is 8.68. The summed E-state index contributed by atoms with van der Waals surface area (Å²) in [4.78, 5) is 24.1. The van der Waals surface area contributed by atoms with E-state index in [1.165, 1.54) is 31.3 Å². The van der Waals surface area contributed by atoms with Crippen LogP contribution in [0.25, 0.3) is 0 Å². The average Bonchev–Trinajstić information content (AvgIpc) is 3.14. The zero-order valence-corrected chi connectivity index (χ0v) is 17.3. The number of benzene rings is 1. The van der Waals surface area contributed by atoms with Crippen molar-refractivity contribution in [2.45, 2.75) is 4.21 Å². The average molecular weight is 447 g/mol. The second-order valence-corrected chi connectivity index (χ2v) is 10.6. The molecule has 0 fully saturated rings. The molecular weight excluding hydrogens is 428 g/mol. The Morgan fingerprint density at radius 1 is 1.04 bits per heavy atom. The molecule has 1 aromatic carbocycles. The first-order valence-corrected chi connectivity index (χ1v) is 11.9. The summed E-state index contributed by atoms with van der Waals surface area (Å²) < 4.78 is 50.5. The van der Waals surface area contributed by atoms with Crippen LogP contribution in [0.5, 0.6) is 0 Å². The third-order valence-corrected chi connectivity index (χ3v) is 7.45. The van der Waals surface area contributed by atoms with Crippen LogP contribution in [-0.2, 0) is 24.8 Å². The van der Waals surface area contributed by atoms with E-state index in [2.05, 4.69) is 15.6 Å². The standard InChI is InChI=1S/C15H18N4O6S3/c1-19(27(2,22)23)10-13(20)16-17-15(21)11-6-3-4-7-12(11)18-28(24,25)14-8-5-9-26-14/h3-9,18H,10H2,1-2H3,(H,16,20)(H,17,21). The van der Waals surface area contributed by atoms with Crippen LogP contribution in [0, 0.1) is 0 Å².